The fourth-order valence-corrected chi connectivity index (χ4v) is 6.06. The number of thiazole rings is 1. The van der Waals surface area contributed by atoms with Crippen LogP contribution in [0.4, 0.5) is 17.2 Å². The highest BCUT2D eigenvalue weighted by Crippen LogP contribution is 2.65. The van der Waals surface area contributed by atoms with Gasteiger partial charge in [0, 0.05) is 28.6 Å². The Balaban J connectivity index is 1.20. The molecule has 1 aliphatic carbocycles. The van der Waals surface area contributed by atoms with Crippen LogP contribution < -0.4 is 20.1 Å². The van der Waals surface area contributed by atoms with Gasteiger partial charge in [-0.05, 0) is 60.9 Å². The van der Waals surface area contributed by atoms with E-state index in [0.29, 0.717) is 18.2 Å². The molecule has 10 heteroatoms. The molecular weight excluding hydrogens is 500 g/mol. The number of rotatable bonds is 7. The molecule has 9 nitrogen and oxygen atoms in total. The molecule has 1 aliphatic heterocycles. The van der Waals surface area contributed by atoms with Crippen LogP contribution in [-0.4, -0.2) is 39.8 Å². The van der Waals surface area contributed by atoms with E-state index in [0.717, 1.165) is 56.3 Å². The standard InChI is InChI=1S/C28H24N6O3S/c1-3-37-24-14-30-23(26-29-8-9-38-26)12-22(24)31-25-17-6-4-15(10-21(17)33-34-25)19-13-28(19)18-11-16(36-2)5-7-20(18)32-27(28)35/h4-12,14,19H,3,13H2,1-2H3,(H,32,35)(H2,30,31,33,34)/t19-,28-/m0/s1. The van der Waals surface area contributed by atoms with Crippen LogP contribution >= 0.6 is 11.3 Å². The van der Waals surface area contributed by atoms with Crippen molar-refractivity contribution in [3.05, 3.63) is 71.4 Å². The number of anilines is 3. The molecule has 0 bridgehead atoms. The Hall–Kier alpha value is -4.44. The zero-order valence-corrected chi connectivity index (χ0v) is 21.6. The molecule has 190 valence electrons. The first-order valence-corrected chi connectivity index (χ1v) is 13.3. The molecule has 7 rings (SSSR count). The highest BCUT2D eigenvalue weighted by atomic mass is 32.1. The summed E-state index contributed by atoms with van der Waals surface area (Å²) >= 11 is 1.53. The number of fused-ring (bicyclic) bond motifs is 3. The Labute approximate surface area is 222 Å². The summed E-state index contributed by atoms with van der Waals surface area (Å²) in [6.07, 6.45) is 4.23. The van der Waals surface area contributed by atoms with E-state index in [1.807, 2.05) is 42.6 Å². The fraction of sp³-hybridized carbons (Fsp3) is 0.214. The van der Waals surface area contributed by atoms with Gasteiger partial charge in [0.05, 0.1) is 36.5 Å². The highest BCUT2D eigenvalue weighted by Gasteiger charge is 2.65. The number of hydrogen-bond donors (Lipinski definition) is 3. The number of ether oxygens (including phenoxy) is 2. The SMILES string of the molecule is CCOc1cnc(-c2nccs2)cc1Nc1n[nH]c2cc([C@@H]3C[C@@]34C(=O)Nc3ccc(OC)cc34)ccc12. The second-order valence-electron chi connectivity index (χ2n) is 9.43. The predicted octanol–water partition coefficient (Wildman–Crippen LogP) is 5.61. The average molecular weight is 525 g/mol. The summed E-state index contributed by atoms with van der Waals surface area (Å²) in [5.74, 6) is 2.22. The number of nitrogens with one attached hydrogen (secondary N) is 3. The molecule has 38 heavy (non-hydrogen) atoms. The summed E-state index contributed by atoms with van der Waals surface area (Å²) in [7, 11) is 1.64. The van der Waals surface area contributed by atoms with Crippen LogP contribution in [0.15, 0.2) is 60.2 Å². The van der Waals surface area contributed by atoms with E-state index in [4.69, 9.17) is 9.47 Å². The second kappa shape index (κ2) is 8.56. The maximum absolute atomic E-state index is 13.1. The van der Waals surface area contributed by atoms with Crippen molar-refractivity contribution in [2.45, 2.75) is 24.7 Å². The van der Waals surface area contributed by atoms with E-state index >= 15 is 0 Å². The minimum Gasteiger partial charge on any atom is -0.497 e. The summed E-state index contributed by atoms with van der Waals surface area (Å²) in [6.45, 7) is 2.46. The van der Waals surface area contributed by atoms with Crippen LogP contribution in [0, 0.1) is 0 Å². The molecule has 0 saturated heterocycles. The monoisotopic (exact) mass is 524 g/mol. The molecule has 0 unspecified atom stereocenters. The number of pyridine rings is 1. The van der Waals surface area contributed by atoms with E-state index in [1.165, 1.54) is 11.3 Å². The molecule has 5 aromatic rings. The van der Waals surface area contributed by atoms with Gasteiger partial charge in [-0.1, -0.05) is 6.07 Å². The molecule has 1 saturated carbocycles. The Kier molecular flexibility index (Phi) is 5.12. The van der Waals surface area contributed by atoms with Gasteiger partial charge >= 0.3 is 0 Å². The summed E-state index contributed by atoms with van der Waals surface area (Å²) in [6, 6.07) is 13.9. The first-order valence-electron chi connectivity index (χ1n) is 12.4. The van der Waals surface area contributed by atoms with Crippen LogP contribution in [0.2, 0.25) is 0 Å². The number of aromatic amines is 1. The number of amides is 1. The van der Waals surface area contributed by atoms with Gasteiger partial charge in [0.25, 0.3) is 0 Å². The lowest BCUT2D eigenvalue weighted by Gasteiger charge is -2.12. The van der Waals surface area contributed by atoms with Gasteiger partial charge in [-0.15, -0.1) is 11.3 Å². The third-order valence-corrected chi connectivity index (χ3v) is 8.18. The molecular formula is C28H24N6O3S. The molecule has 0 radical (unpaired) electrons. The van der Waals surface area contributed by atoms with Crippen molar-refractivity contribution < 1.29 is 14.3 Å². The van der Waals surface area contributed by atoms with E-state index in [1.54, 1.807) is 19.5 Å². The Bertz CT molecular complexity index is 1700. The molecule has 2 aliphatic rings. The van der Waals surface area contributed by atoms with Crippen molar-refractivity contribution in [3.63, 3.8) is 0 Å². The first kappa shape index (κ1) is 22.7. The number of methoxy groups -OCH3 is 1. The highest BCUT2D eigenvalue weighted by molar-refractivity contribution is 7.13. The van der Waals surface area contributed by atoms with Crippen LogP contribution in [-0.2, 0) is 10.2 Å². The summed E-state index contributed by atoms with van der Waals surface area (Å²) in [4.78, 5) is 21.9. The summed E-state index contributed by atoms with van der Waals surface area (Å²) in [5.41, 5.74) is 4.85. The fourth-order valence-electron chi connectivity index (χ4n) is 5.45. The van der Waals surface area contributed by atoms with Gasteiger partial charge in [0.1, 0.15) is 16.5 Å². The molecule has 4 heterocycles. The maximum Gasteiger partial charge on any atom is 0.235 e. The van der Waals surface area contributed by atoms with Crippen molar-refractivity contribution in [2.75, 3.05) is 24.4 Å². The lowest BCUT2D eigenvalue weighted by Crippen LogP contribution is -2.21. The van der Waals surface area contributed by atoms with E-state index in [2.05, 4.69) is 42.9 Å². The maximum atomic E-state index is 13.1. The number of carbonyl (C=O) groups is 1. The largest absolute Gasteiger partial charge is 0.497 e. The topological polar surface area (TPSA) is 114 Å². The number of aromatic nitrogens is 4. The lowest BCUT2D eigenvalue weighted by atomic mass is 9.91. The zero-order valence-electron chi connectivity index (χ0n) is 20.7. The number of benzene rings is 2. The van der Waals surface area contributed by atoms with Crippen LogP contribution in [0.5, 0.6) is 11.5 Å². The van der Waals surface area contributed by atoms with Gasteiger partial charge in [-0.3, -0.25) is 9.89 Å². The van der Waals surface area contributed by atoms with Gasteiger partial charge in [0.2, 0.25) is 5.91 Å². The van der Waals surface area contributed by atoms with Gasteiger partial charge in [-0.25, -0.2) is 9.97 Å². The third-order valence-electron chi connectivity index (χ3n) is 7.38. The molecule has 2 aromatic carbocycles. The van der Waals surface area contributed by atoms with Crippen molar-refractivity contribution >= 4 is 45.3 Å². The van der Waals surface area contributed by atoms with Crippen LogP contribution in [0.3, 0.4) is 0 Å². The molecule has 2 atom stereocenters. The van der Waals surface area contributed by atoms with Gasteiger partial charge < -0.3 is 20.1 Å². The number of hydrogen-bond acceptors (Lipinski definition) is 8. The first-order chi connectivity index (χ1) is 18.6. The van der Waals surface area contributed by atoms with Crippen molar-refractivity contribution in [1.82, 2.24) is 20.2 Å². The van der Waals surface area contributed by atoms with Crippen molar-refractivity contribution in [2.24, 2.45) is 0 Å². The van der Waals surface area contributed by atoms with E-state index in [-0.39, 0.29) is 11.8 Å². The average Bonchev–Trinajstić information content (AvgIpc) is 3.20. The Morgan fingerprint density at radius 2 is 2.11 bits per heavy atom. The number of H-pyrrole nitrogens is 1. The molecule has 3 N–H and O–H groups in total. The van der Waals surface area contributed by atoms with Crippen LogP contribution in [0.25, 0.3) is 21.6 Å². The normalized spacial score (nSPS) is 19.4. The predicted molar refractivity (Wildman–Crippen MR) is 147 cm³/mol. The molecule has 3 aromatic heterocycles. The zero-order chi connectivity index (χ0) is 25.9. The third kappa shape index (κ3) is 3.44. The molecule has 1 amide bonds. The van der Waals surface area contributed by atoms with Gasteiger partial charge in [-0.2, -0.15) is 5.10 Å². The number of nitrogens with zero attached hydrogens (tertiary/aromatic N) is 3. The van der Waals surface area contributed by atoms with Crippen molar-refractivity contribution in [1.29, 1.82) is 0 Å². The number of carbonyl (C=O) groups excluding carboxylic acids is 1. The molecule has 1 spiro atoms. The second-order valence-corrected chi connectivity index (χ2v) is 10.3. The smallest absolute Gasteiger partial charge is 0.235 e. The van der Waals surface area contributed by atoms with Crippen molar-refractivity contribution in [3.8, 4) is 22.2 Å². The minimum absolute atomic E-state index is 0.0509. The van der Waals surface area contributed by atoms with Gasteiger partial charge in [0.15, 0.2) is 11.6 Å². The van der Waals surface area contributed by atoms with E-state index < -0.39 is 5.41 Å². The van der Waals surface area contributed by atoms with Crippen LogP contribution in [0.1, 0.15) is 30.4 Å². The Morgan fingerprint density at radius 1 is 1.18 bits per heavy atom. The quantitative estimate of drug-likeness (QED) is 0.254. The summed E-state index contributed by atoms with van der Waals surface area (Å²) in [5, 5.41) is 17.9. The lowest BCUT2D eigenvalue weighted by molar-refractivity contribution is -0.118. The minimum atomic E-state index is -0.547. The molecule has 1 fully saturated rings. The summed E-state index contributed by atoms with van der Waals surface area (Å²) < 4.78 is 11.2. The Morgan fingerprint density at radius 3 is 2.92 bits per heavy atom. The van der Waals surface area contributed by atoms with E-state index in [9.17, 15) is 4.79 Å².